The Morgan fingerprint density at radius 1 is 1.17 bits per heavy atom. The van der Waals surface area contributed by atoms with E-state index in [9.17, 15) is 5.11 Å². The third-order valence-corrected chi connectivity index (χ3v) is 4.32. The number of phenols is 1. The molecule has 0 aliphatic carbocycles. The number of benzene rings is 1. The lowest BCUT2D eigenvalue weighted by Gasteiger charge is -2.21. The van der Waals surface area contributed by atoms with Gasteiger partial charge in [0.2, 0.25) is 0 Å². The Bertz CT molecular complexity index is 847. The molecular weight excluding hydrogens is 345 g/mol. The fourth-order valence-electron chi connectivity index (χ4n) is 2.80. The van der Waals surface area contributed by atoms with E-state index in [4.69, 9.17) is 23.2 Å². The van der Waals surface area contributed by atoms with Crippen LogP contribution in [0.3, 0.4) is 0 Å². The lowest BCUT2D eigenvalue weighted by Crippen LogP contribution is -2.23. The van der Waals surface area contributed by atoms with Crippen LogP contribution in [0.4, 0.5) is 0 Å². The molecular formula is C18H19Cl2N3O. The first-order valence-corrected chi connectivity index (χ1v) is 8.64. The highest BCUT2D eigenvalue weighted by atomic mass is 35.5. The summed E-state index contributed by atoms with van der Waals surface area (Å²) in [7, 11) is 0. The van der Waals surface area contributed by atoms with Crippen molar-refractivity contribution in [1.29, 1.82) is 0 Å². The molecule has 126 valence electrons. The van der Waals surface area contributed by atoms with Gasteiger partial charge in [-0.1, -0.05) is 48.3 Å². The Hall–Kier alpha value is -1.75. The minimum Gasteiger partial charge on any atom is -0.508 e. The first-order chi connectivity index (χ1) is 11.6. The molecule has 1 N–H and O–H groups in total. The maximum absolute atomic E-state index is 10.00. The minimum atomic E-state index is 0.323. The van der Waals surface area contributed by atoms with Crippen molar-refractivity contribution in [2.24, 2.45) is 0 Å². The molecule has 0 spiro atoms. The predicted octanol–water partition coefficient (Wildman–Crippen LogP) is 4.76. The van der Waals surface area contributed by atoms with Gasteiger partial charge in [-0.25, -0.2) is 4.98 Å². The van der Waals surface area contributed by atoms with E-state index in [0.717, 1.165) is 24.2 Å². The van der Waals surface area contributed by atoms with E-state index in [1.54, 1.807) is 18.3 Å². The number of phenolic OH excluding ortho intramolecular Hbond substituents is 1. The monoisotopic (exact) mass is 363 g/mol. The Morgan fingerprint density at radius 2 is 1.96 bits per heavy atom. The average Bonchev–Trinajstić information content (AvgIpc) is 2.92. The summed E-state index contributed by atoms with van der Waals surface area (Å²) >= 11 is 12.3. The molecule has 0 aliphatic heterocycles. The lowest BCUT2D eigenvalue weighted by atomic mass is 10.2. The van der Waals surface area contributed by atoms with Crippen LogP contribution in [0, 0.1) is 0 Å². The van der Waals surface area contributed by atoms with Crippen LogP contribution in [0.1, 0.15) is 24.6 Å². The van der Waals surface area contributed by atoms with Crippen LogP contribution in [0.25, 0.3) is 5.65 Å². The second kappa shape index (κ2) is 7.43. The number of hydrogen-bond donors (Lipinski definition) is 1. The topological polar surface area (TPSA) is 40.8 Å². The highest BCUT2D eigenvalue weighted by molar-refractivity contribution is 6.36. The van der Waals surface area contributed by atoms with Gasteiger partial charge in [0.25, 0.3) is 0 Å². The summed E-state index contributed by atoms with van der Waals surface area (Å²) in [4.78, 5) is 6.86. The Labute approximate surface area is 151 Å². The van der Waals surface area contributed by atoms with Gasteiger partial charge in [0, 0.05) is 31.0 Å². The summed E-state index contributed by atoms with van der Waals surface area (Å²) < 4.78 is 1.85. The molecule has 0 aliphatic rings. The van der Waals surface area contributed by atoms with Crippen LogP contribution in [0.2, 0.25) is 10.0 Å². The van der Waals surface area contributed by atoms with Crippen LogP contribution < -0.4 is 0 Å². The van der Waals surface area contributed by atoms with Crippen molar-refractivity contribution in [3.8, 4) is 5.75 Å². The summed E-state index contributed by atoms with van der Waals surface area (Å²) in [5.41, 5.74) is 2.54. The molecule has 3 rings (SSSR count). The van der Waals surface area contributed by atoms with Gasteiger partial charge >= 0.3 is 0 Å². The quantitative estimate of drug-likeness (QED) is 0.686. The van der Waals surface area contributed by atoms with Crippen LogP contribution in [-0.4, -0.2) is 25.9 Å². The standard InChI is InChI=1S/C18H19Cl2N3O/c1-2-7-22(9-13-5-3-4-6-17(13)24)11-15-12-23-10-14(19)8-16(20)18(23)21-15/h3-6,8,10,12,24H,2,7,9,11H2,1H3. The van der Waals surface area contributed by atoms with Crippen molar-refractivity contribution in [3.63, 3.8) is 0 Å². The molecule has 0 saturated carbocycles. The molecule has 6 heteroatoms. The molecule has 0 fully saturated rings. The lowest BCUT2D eigenvalue weighted by molar-refractivity contribution is 0.251. The predicted molar refractivity (Wildman–Crippen MR) is 97.7 cm³/mol. The van der Waals surface area contributed by atoms with Gasteiger partial charge in [0.1, 0.15) is 5.75 Å². The fourth-order valence-corrected chi connectivity index (χ4v) is 3.32. The van der Waals surface area contributed by atoms with Crippen molar-refractivity contribution in [2.75, 3.05) is 6.54 Å². The number of rotatable bonds is 6. The van der Waals surface area contributed by atoms with Crippen molar-refractivity contribution >= 4 is 28.8 Å². The molecule has 0 bridgehead atoms. The molecule has 0 saturated heterocycles. The zero-order valence-electron chi connectivity index (χ0n) is 13.4. The van der Waals surface area contributed by atoms with Gasteiger partial charge in [0.15, 0.2) is 5.65 Å². The van der Waals surface area contributed by atoms with Crippen molar-refractivity contribution in [3.05, 3.63) is 64.0 Å². The van der Waals surface area contributed by atoms with Gasteiger partial charge in [-0.3, -0.25) is 4.90 Å². The molecule has 24 heavy (non-hydrogen) atoms. The highest BCUT2D eigenvalue weighted by Crippen LogP contribution is 2.23. The Morgan fingerprint density at radius 3 is 2.71 bits per heavy atom. The van der Waals surface area contributed by atoms with E-state index in [1.165, 1.54) is 0 Å². The molecule has 0 amide bonds. The third-order valence-electron chi connectivity index (χ3n) is 3.83. The van der Waals surface area contributed by atoms with Gasteiger partial charge in [-0.2, -0.15) is 0 Å². The average molecular weight is 364 g/mol. The molecule has 0 unspecified atom stereocenters. The maximum atomic E-state index is 10.00. The van der Waals surface area contributed by atoms with Crippen molar-refractivity contribution in [1.82, 2.24) is 14.3 Å². The zero-order valence-corrected chi connectivity index (χ0v) is 14.9. The second-order valence-electron chi connectivity index (χ2n) is 5.81. The van der Waals surface area contributed by atoms with E-state index in [-0.39, 0.29) is 0 Å². The van der Waals surface area contributed by atoms with E-state index in [0.29, 0.717) is 34.5 Å². The molecule has 2 aromatic heterocycles. The molecule has 1 aromatic carbocycles. The fraction of sp³-hybridized carbons (Fsp3) is 0.278. The van der Waals surface area contributed by atoms with Crippen LogP contribution in [-0.2, 0) is 13.1 Å². The summed E-state index contributed by atoms with van der Waals surface area (Å²) in [6.45, 7) is 4.40. The minimum absolute atomic E-state index is 0.323. The summed E-state index contributed by atoms with van der Waals surface area (Å²) in [5.74, 6) is 0.323. The highest BCUT2D eigenvalue weighted by Gasteiger charge is 2.12. The Balaban J connectivity index is 1.83. The molecule has 0 radical (unpaired) electrons. The molecule has 0 atom stereocenters. The van der Waals surface area contributed by atoms with Gasteiger partial charge in [-0.05, 0) is 25.1 Å². The van der Waals surface area contributed by atoms with Crippen LogP contribution in [0.5, 0.6) is 5.75 Å². The number of para-hydroxylation sites is 1. The first-order valence-electron chi connectivity index (χ1n) is 7.88. The summed E-state index contributed by atoms with van der Waals surface area (Å²) in [6.07, 6.45) is 4.76. The smallest absolute Gasteiger partial charge is 0.156 e. The number of imidazole rings is 1. The van der Waals surface area contributed by atoms with Gasteiger partial charge in [-0.15, -0.1) is 0 Å². The van der Waals surface area contributed by atoms with Crippen LogP contribution >= 0.6 is 23.2 Å². The number of aromatic nitrogens is 2. The largest absolute Gasteiger partial charge is 0.508 e. The number of aromatic hydroxyl groups is 1. The number of nitrogens with zero attached hydrogens (tertiary/aromatic N) is 3. The van der Waals surface area contributed by atoms with E-state index in [1.807, 2.05) is 28.8 Å². The summed E-state index contributed by atoms with van der Waals surface area (Å²) in [6, 6.07) is 9.12. The molecule has 3 aromatic rings. The number of fused-ring (bicyclic) bond motifs is 1. The van der Waals surface area contributed by atoms with E-state index < -0.39 is 0 Å². The number of pyridine rings is 1. The third kappa shape index (κ3) is 3.83. The zero-order chi connectivity index (χ0) is 17.1. The maximum Gasteiger partial charge on any atom is 0.156 e. The van der Waals surface area contributed by atoms with Gasteiger partial charge in [0.05, 0.1) is 15.7 Å². The Kier molecular flexibility index (Phi) is 5.29. The molecule has 4 nitrogen and oxygen atoms in total. The SMILES string of the molecule is CCCN(Cc1cn2cc(Cl)cc(Cl)c2n1)Cc1ccccc1O. The normalized spacial score (nSPS) is 11.5. The van der Waals surface area contributed by atoms with Gasteiger partial charge < -0.3 is 9.51 Å². The van der Waals surface area contributed by atoms with Crippen LogP contribution in [0.15, 0.2) is 42.7 Å². The number of hydrogen-bond acceptors (Lipinski definition) is 3. The molecule has 2 heterocycles. The van der Waals surface area contributed by atoms with E-state index >= 15 is 0 Å². The number of halogens is 2. The van der Waals surface area contributed by atoms with Crippen molar-refractivity contribution in [2.45, 2.75) is 26.4 Å². The summed E-state index contributed by atoms with van der Waals surface area (Å²) in [5, 5.41) is 11.1. The van der Waals surface area contributed by atoms with Crippen molar-refractivity contribution < 1.29 is 5.11 Å². The first kappa shape index (κ1) is 17.1. The second-order valence-corrected chi connectivity index (χ2v) is 6.65. The van der Waals surface area contributed by atoms with E-state index in [2.05, 4.69) is 16.8 Å².